The van der Waals surface area contributed by atoms with E-state index >= 15 is 0 Å². The zero-order valence-corrected chi connectivity index (χ0v) is 20.3. The number of hydrogen-bond donors (Lipinski definition) is 2. The predicted octanol–water partition coefficient (Wildman–Crippen LogP) is 4.04. The van der Waals surface area contributed by atoms with E-state index in [9.17, 15) is 18.4 Å². The molecule has 7 nitrogen and oxygen atoms in total. The Balaban J connectivity index is 1.17. The fourth-order valence-corrected chi connectivity index (χ4v) is 6.20. The molecule has 192 valence electrons. The number of carbonyl (C=O) groups excluding carboxylic acids is 2. The highest BCUT2D eigenvalue weighted by molar-refractivity contribution is 5.94. The first kappa shape index (κ1) is 23.6. The lowest BCUT2D eigenvalue weighted by molar-refractivity contribution is -0.129. The molecule has 3 saturated carbocycles. The Morgan fingerprint density at radius 3 is 2.53 bits per heavy atom. The molecule has 36 heavy (non-hydrogen) atoms. The van der Waals surface area contributed by atoms with Crippen LogP contribution in [0.3, 0.4) is 0 Å². The SMILES string of the molecule is O=C(N[C@H]1CCN(C2CCCC2)C[C@@H]1C(=O)NC1(C2CC2)CC1)c1cc(-c2ccc(F)cc2F)on1. The number of amides is 2. The summed E-state index contributed by atoms with van der Waals surface area (Å²) >= 11 is 0. The first-order valence-electron chi connectivity index (χ1n) is 13.2. The molecule has 2 N–H and O–H groups in total. The maximum Gasteiger partial charge on any atom is 0.273 e. The van der Waals surface area contributed by atoms with Gasteiger partial charge in [0.25, 0.3) is 5.91 Å². The molecule has 2 atom stereocenters. The molecule has 0 spiro atoms. The molecule has 4 aliphatic rings. The van der Waals surface area contributed by atoms with Gasteiger partial charge in [-0.15, -0.1) is 0 Å². The van der Waals surface area contributed by atoms with Gasteiger partial charge in [0.1, 0.15) is 11.6 Å². The van der Waals surface area contributed by atoms with Crippen molar-refractivity contribution in [3.8, 4) is 11.3 Å². The van der Waals surface area contributed by atoms with Crippen molar-refractivity contribution in [3.63, 3.8) is 0 Å². The molecular formula is C27H32F2N4O3. The summed E-state index contributed by atoms with van der Waals surface area (Å²) in [4.78, 5) is 29.1. The number of piperidine rings is 1. The molecule has 1 saturated heterocycles. The molecular weight excluding hydrogens is 466 g/mol. The Kier molecular flexibility index (Phi) is 6.06. The van der Waals surface area contributed by atoms with Gasteiger partial charge in [-0.05, 0) is 63.0 Å². The van der Waals surface area contributed by atoms with Crippen LogP contribution in [0.5, 0.6) is 0 Å². The molecule has 2 amide bonds. The molecule has 9 heteroatoms. The van der Waals surface area contributed by atoms with Crippen LogP contribution in [-0.4, -0.2) is 52.6 Å². The van der Waals surface area contributed by atoms with Crippen LogP contribution in [0.15, 0.2) is 28.8 Å². The van der Waals surface area contributed by atoms with Gasteiger partial charge >= 0.3 is 0 Å². The van der Waals surface area contributed by atoms with Crippen molar-refractivity contribution in [2.24, 2.45) is 11.8 Å². The summed E-state index contributed by atoms with van der Waals surface area (Å²) < 4.78 is 32.6. The van der Waals surface area contributed by atoms with Crippen molar-refractivity contribution in [3.05, 3.63) is 41.6 Å². The quantitative estimate of drug-likeness (QED) is 0.602. The summed E-state index contributed by atoms with van der Waals surface area (Å²) in [6, 6.07) is 4.66. The van der Waals surface area contributed by atoms with Gasteiger partial charge in [-0.3, -0.25) is 14.5 Å². The van der Waals surface area contributed by atoms with E-state index in [0.29, 0.717) is 24.9 Å². The van der Waals surface area contributed by atoms with E-state index in [1.807, 2.05) is 0 Å². The van der Waals surface area contributed by atoms with Gasteiger partial charge in [0.05, 0.1) is 11.5 Å². The second-order valence-electron chi connectivity index (χ2n) is 11.0. The number of aromatic nitrogens is 1. The Labute approximate surface area is 209 Å². The smallest absolute Gasteiger partial charge is 0.273 e. The second-order valence-corrected chi connectivity index (χ2v) is 11.0. The van der Waals surface area contributed by atoms with Crippen molar-refractivity contribution in [2.45, 2.75) is 75.4 Å². The number of benzene rings is 1. The molecule has 0 radical (unpaired) electrons. The fraction of sp³-hybridized carbons (Fsp3) is 0.593. The van der Waals surface area contributed by atoms with E-state index in [1.54, 1.807) is 0 Å². The lowest BCUT2D eigenvalue weighted by Crippen LogP contribution is -2.58. The fourth-order valence-electron chi connectivity index (χ4n) is 6.20. The average Bonchev–Trinajstić information content (AvgIpc) is 3.74. The number of nitrogens with zero attached hydrogens (tertiary/aromatic N) is 2. The summed E-state index contributed by atoms with van der Waals surface area (Å²) in [7, 11) is 0. The highest BCUT2D eigenvalue weighted by Gasteiger charge is 2.55. The molecule has 2 heterocycles. The maximum absolute atomic E-state index is 14.1. The molecule has 0 unspecified atom stereocenters. The van der Waals surface area contributed by atoms with Gasteiger partial charge in [-0.25, -0.2) is 8.78 Å². The summed E-state index contributed by atoms with van der Waals surface area (Å²) in [6.45, 7) is 1.46. The second kappa shape index (κ2) is 9.25. The van der Waals surface area contributed by atoms with E-state index in [-0.39, 0.29) is 40.4 Å². The van der Waals surface area contributed by atoms with Gasteiger partial charge in [0.15, 0.2) is 11.5 Å². The summed E-state index contributed by atoms with van der Waals surface area (Å²) in [5.41, 5.74) is 0.00395. The zero-order chi connectivity index (χ0) is 24.9. The van der Waals surface area contributed by atoms with Gasteiger partial charge in [0, 0.05) is 42.8 Å². The Bertz CT molecular complexity index is 1150. The number of hydrogen-bond acceptors (Lipinski definition) is 5. The van der Waals surface area contributed by atoms with Crippen molar-refractivity contribution in [1.82, 2.24) is 20.7 Å². The average molecular weight is 499 g/mol. The summed E-state index contributed by atoms with van der Waals surface area (Å²) in [5, 5.41) is 10.2. The minimum absolute atomic E-state index is 0.00255. The monoisotopic (exact) mass is 498 g/mol. The van der Waals surface area contributed by atoms with Crippen molar-refractivity contribution < 1.29 is 22.9 Å². The number of rotatable bonds is 7. The van der Waals surface area contributed by atoms with E-state index in [0.717, 1.165) is 31.5 Å². The van der Waals surface area contributed by atoms with Gasteiger partial charge in [-0.1, -0.05) is 18.0 Å². The highest BCUT2D eigenvalue weighted by Crippen LogP contribution is 2.53. The van der Waals surface area contributed by atoms with Crippen LogP contribution < -0.4 is 10.6 Å². The number of nitrogens with one attached hydrogen (secondary N) is 2. The van der Waals surface area contributed by atoms with Crippen LogP contribution in [0.2, 0.25) is 0 Å². The van der Waals surface area contributed by atoms with Crippen molar-refractivity contribution in [1.29, 1.82) is 0 Å². The first-order chi connectivity index (χ1) is 17.4. The number of carbonyl (C=O) groups is 2. The zero-order valence-electron chi connectivity index (χ0n) is 20.3. The Morgan fingerprint density at radius 1 is 1.06 bits per heavy atom. The third kappa shape index (κ3) is 4.65. The van der Waals surface area contributed by atoms with E-state index in [4.69, 9.17) is 4.52 Å². The van der Waals surface area contributed by atoms with E-state index < -0.39 is 17.5 Å². The van der Waals surface area contributed by atoms with Crippen molar-refractivity contribution >= 4 is 11.8 Å². The number of likely N-dealkylation sites (tertiary alicyclic amines) is 1. The van der Waals surface area contributed by atoms with Crippen LogP contribution in [0.25, 0.3) is 11.3 Å². The van der Waals surface area contributed by atoms with E-state index in [2.05, 4.69) is 20.7 Å². The molecule has 1 aromatic carbocycles. The van der Waals surface area contributed by atoms with Gasteiger partial charge < -0.3 is 15.2 Å². The largest absolute Gasteiger partial charge is 0.355 e. The molecule has 1 aromatic heterocycles. The highest BCUT2D eigenvalue weighted by atomic mass is 19.1. The van der Waals surface area contributed by atoms with Crippen LogP contribution in [-0.2, 0) is 4.79 Å². The lowest BCUT2D eigenvalue weighted by atomic mass is 9.89. The first-order valence-corrected chi connectivity index (χ1v) is 13.2. The minimum Gasteiger partial charge on any atom is -0.355 e. The molecule has 2 aromatic rings. The Hall–Kier alpha value is -2.81. The maximum atomic E-state index is 14.1. The summed E-state index contributed by atoms with van der Waals surface area (Å²) in [5.74, 6) is -1.63. The topological polar surface area (TPSA) is 87.5 Å². The van der Waals surface area contributed by atoms with Gasteiger partial charge in [0.2, 0.25) is 5.91 Å². The molecule has 3 aliphatic carbocycles. The van der Waals surface area contributed by atoms with Crippen molar-refractivity contribution in [2.75, 3.05) is 13.1 Å². The Morgan fingerprint density at radius 2 is 1.83 bits per heavy atom. The normalized spacial score (nSPS) is 26.1. The van der Waals surface area contributed by atoms with Crippen LogP contribution in [0, 0.1) is 23.5 Å². The van der Waals surface area contributed by atoms with Gasteiger partial charge in [-0.2, -0.15) is 0 Å². The van der Waals surface area contributed by atoms with Crippen LogP contribution in [0.4, 0.5) is 8.78 Å². The molecule has 0 bridgehead atoms. The standard InChI is InChI=1S/C27H32F2N4O3/c28-17-7-8-19(21(29)13-17)24-14-23(32-36-24)26(35)30-22-9-12-33(18-3-1-2-4-18)15-20(22)25(34)31-27(10-11-27)16-5-6-16/h7-8,13-14,16,18,20,22H,1-6,9-12,15H2,(H,30,35)(H,31,34)/t20-,22-/m0/s1. The molecule has 4 fully saturated rings. The molecule has 1 aliphatic heterocycles. The van der Waals surface area contributed by atoms with Crippen LogP contribution in [0.1, 0.15) is 68.3 Å². The minimum atomic E-state index is -0.793. The third-order valence-corrected chi connectivity index (χ3v) is 8.60. The van der Waals surface area contributed by atoms with E-state index in [1.165, 1.54) is 50.7 Å². The molecule has 6 rings (SSSR count). The predicted molar refractivity (Wildman–Crippen MR) is 128 cm³/mol. The summed E-state index contributed by atoms with van der Waals surface area (Å²) in [6.07, 6.45) is 9.91. The number of halogens is 2. The lowest BCUT2D eigenvalue weighted by Gasteiger charge is -2.41. The van der Waals surface area contributed by atoms with Crippen LogP contribution >= 0.6 is 0 Å². The third-order valence-electron chi connectivity index (χ3n) is 8.60.